The van der Waals surface area contributed by atoms with E-state index in [0.717, 1.165) is 37.7 Å². The molecule has 0 aliphatic heterocycles. The summed E-state index contributed by atoms with van der Waals surface area (Å²) < 4.78 is 5.19. The van der Waals surface area contributed by atoms with Crippen LogP contribution in [0.25, 0.3) is 0 Å². The van der Waals surface area contributed by atoms with Crippen LogP contribution in [0.5, 0.6) is 0 Å². The van der Waals surface area contributed by atoms with Gasteiger partial charge < -0.3 is 10.1 Å². The van der Waals surface area contributed by atoms with E-state index < -0.39 is 0 Å². The summed E-state index contributed by atoms with van der Waals surface area (Å²) in [6.45, 7) is 2.49. The van der Waals surface area contributed by atoms with Gasteiger partial charge >= 0.3 is 5.97 Å². The van der Waals surface area contributed by atoms with E-state index in [9.17, 15) is 9.59 Å². The monoisotopic (exact) mass is 357 g/mol. The van der Waals surface area contributed by atoms with Crippen molar-refractivity contribution >= 4 is 28.9 Å². The highest BCUT2D eigenvalue weighted by atomic mass is 32.1. The molecule has 0 saturated heterocycles. The molecule has 0 saturated carbocycles. The molecule has 3 rings (SSSR count). The minimum Gasteiger partial charge on any atom is -0.462 e. The number of anilines is 1. The molecule has 0 unspecified atom stereocenters. The van der Waals surface area contributed by atoms with Gasteiger partial charge in [0, 0.05) is 15.9 Å². The highest BCUT2D eigenvalue weighted by Gasteiger charge is 2.20. The molecule has 0 radical (unpaired) electrons. The molecular weight excluding hydrogens is 334 g/mol. The van der Waals surface area contributed by atoms with Gasteiger partial charge in [-0.1, -0.05) is 13.3 Å². The second-order valence-electron chi connectivity index (χ2n) is 6.28. The molecule has 1 amide bonds. The van der Waals surface area contributed by atoms with Gasteiger partial charge in [-0.2, -0.15) is 0 Å². The number of amides is 1. The first-order valence-electron chi connectivity index (χ1n) is 8.87. The maximum atomic E-state index is 12.5. The number of aryl methyl sites for hydroxylation is 1. The van der Waals surface area contributed by atoms with Crippen molar-refractivity contribution in [2.45, 2.75) is 45.4 Å². The molecule has 1 heterocycles. The Labute approximate surface area is 152 Å². The van der Waals surface area contributed by atoms with Gasteiger partial charge in [0.1, 0.15) is 0 Å². The quantitative estimate of drug-likeness (QED) is 0.595. The smallest absolute Gasteiger partial charge is 0.338 e. The second kappa shape index (κ2) is 8.30. The van der Waals surface area contributed by atoms with Gasteiger partial charge in [0.15, 0.2) is 0 Å². The Morgan fingerprint density at radius 3 is 2.68 bits per heavy atom. The van der Waals surface area contributed by atoms with Gasteiger partial charge in [0.2, 0.25) is 0 Å². The van der Waals surface area contributed by atoms with Crippen molar-refractivity contribution in [2.75, 3.05) is 11.9 Å². The van der Waals surface area contributed by atoms with Crippen molar-refractivity contribution in [3.05, 3.63) is 51.2 Å². The van der Waals surface area contributed by atoms with Crippen molar-refractivity contribution in [1.29, 1.82) is 0 Å². The SMILES string of the molecule is CCCCOC(=O)c1ccc(NC(=O)c2csc3c2CCCC3)cc1. The van der Waals surface area contributed by atoms with E-state index in [1.165, 1.54) is 16.9 Å². The minimum atomic E-state index is -0.321. The second-order valence-corrected chi connectivity index (χ2v) is 7.24. The zero-order valence-corrected chi connectivity index (χ0v) is 15.3. The Morgan fingerprint density at radius 2 is 1.92 bits per heavy atom. The summed E-state index contributed by atoms with van der Waals surface area (Å²) in [5.41, 5.74) is 3.19. The molecule has 5 heteroatoms. The molecular formula is C20H23NO3S. The van der Waals surface area contributed by atoms with Crippen LogP contribution >= 0.6 is 11.3 Å². The zero-order chi connectivity index (χ0) is 17.6. The summed E-state index contributed by atoms with van der Waals surface area (Å²) in [7, 11) is 0. The summed E-state index contributed by atoms with van der Waals surface area (Å²) in [6.07, 6.45) is 6.30. The van der Waals surface area contributed by atoms with Crippen molar-refractivity contribution in [3.8, 4) is 0 Å². The number of benzene rings is 1. The van der Waals surface area contributed by atoms with E-state index in [-0.39, 0.29) is 11.9 Å². The number of hydrogen-bond acceptors (Lipinski definition) is 4. The van der Waals surface area contributed by atoms with Crippen LogP contribution < -0.4 is 5.32 Å². The molecule has 2 aromatic rings. The Balaban J connectivity index is 1.62. The first-order chi connectivity index (χ1) is 12.2. The van der Waals surface area contributed by atoms with Crippen LogP contribution in [-0.2, 0) is 17.6 Å². The first-order valence-corrected chi connectivity index (χ1v) is 9.74. The fourth-order valence-electron chi connectivity index (χ4n) is 2.96. The summed E-state index contributed by atoms with van der Waals surface area (Å²) in [5, 5.41) is 4.89. The molecule has 1 aromatic carbocycles. The van der Waals surface area contributed by atoms with E-state index in [1.807, 2.05) is 5.38 Å². The Morgan fingerprint density at radius 1 is 1.16 bits per heavy atom. The van der Waals surface area contributed by atoms with Gasteiger partial charge in [-0.05, 0) is 61.9 Å². The van der Waals surface area contributed by atoms with E-state index in [4.69, 9.17) is 4.74 Å². The maximum absolute atomic E-state index is 12.5. The Kier molecular flexibility index (Phi) is 5.87. The van der Waals surface area contributed by atoms with Crippen LogP contribution in [0.1, 0.15) is 63.8 Å². The molecule has 1 aromatic heterocycles. The standard InChI is InChI=1S/C20H23NO3S/c1-2-3-12-24-20(23)14-8-10-15(11-9-14)21-19(22)17-13-25-18-7-5-4-6-16(17)18/h8-11,13H,2-7,12H2,1H3,(H,21,22). The Hall–Kier alpha value is -2.14. The lowest BCUT2D eigenvalue weighted by Gasteiger charge is -2.13. The third-order valence-electron chi connectivity index (χ3n) is 4.42. The molecule has 0 spiro atoms. The number of carbonyl (C=O) groups excluding carboxylic acids is 2. The molecule has 4 nitrogen and oxygen atoms in total. The third kappa shape index (κ3) is 4.28. The predicted molar refractivity (Wildman–Crippen MR) is 101 cm³/mol. The summed E-state index contributed by atoms with van der Waals surface area (Å²) in [6, 6.07) is 6.86. The van der Waals surface area contributed by atoms with Crippen molar-refractivity contribution < 1.29 is 14.3 Å². The van der Waals surface area contributed by atoms with Gasteiger partial charge in [-0.15, -0.1) is 11.3 Å². The van der Waals surface area contributed by atoms with Crippen molar-refractivity contribution in [1.82, 2.24) is 0 Å². The van der Waals surface area contributed by atoms with Gasteiger partial charge in [-0.25, -0.2) is 4.79 Å². The predicted octanol–water partition coefficient (Wildman–Crippen LogP) is 4.84. The summed E-state index contributed by atoms with van der Waals surface area (Å²) >= 11 is 1.68. The van der Waals surface area contributed by atoms with E-state index >= 15 is 0 Å². The Bertz CT molecular complexity index is 749. The topological polar surface area (TPSA) is 55.4 Å². The summed E-state index contributed by atoms with van der Waals surface area (Å²) in [5.74, 6) is -0.393. The largest absolute Gasteiger partial charge is 0.462 e. The fourth-order valence-corrected chi connectivity index (χ4v) is 4.09. The molecule has 132 valence electrons. The van der Waals surface area contributed by atoms with Crippen LogP contribution in [-0.4, -0.2) is 18.5 Å². The first kappa shape index (κ1) is 17.7. The van der Waals surface area contributed by atoms with Crippen LogP contribution in [0, 0.1) is 0 Å². The maximum Gasteiger partial charge on any atom is 0.338 e. The summed E-state index contributed by atoms with van der Waals surface area (Å²) in [4.78, 5) is 25.8. The molecule has 1 aliphatic carbocycles. The van der Waals surface area contributed by atoms with Crippen LogP contribution in [0.3, 0.4) is 0 Å². The number of unbranched alkanes of at least 4 members (excludes halogenated alkanes) is 1. The molecule has 1 aliphatic rings. The number of hydrogen-bond donors (Lipinski definition) is 1. The highest BCUT2D eigenvalue weighted by molar-refractivity contribution is 7.10. The minimum absolute atomic E-state index is 0.0716. The molecule has 0 bridgehead atoms. The van der Waals surface area contributed by atoms with Gasteiger partial charge in [-0.3, -0.25) is 4.79 Å². The van der Waals surface area contributed by atoms with Gasteiger partial charge in [0.05, 0.1) is 17.7 Å². The third-order valence-corrected chi connectivity index (χ3v) is 5.50. The number of fused-ring (bicyclic) bond motifs is 1. The number of nitrogens with one attached hydrogen (secondary N) is 1. The number of ether oxygens (including phenoxy) is 1. The fraction of sp³-hybridized carbons (Fsp3) is 0.400. The number of carbonyl (C=O) groups is 2. The lowest BCUT2D eigenvalue weighted by molar-refractivity contribution is 0.0499. The number of rotatable bonds is 6. The highest BCUT2D eigenvalue weighted by Crippen LogP contribution is 2.30. The van der Waals surface area contributed by atoms with E-state index in [1.54, 1.807) is 35.6 Å². The number of thiophene rings is 1. The van der Waals surface area contributed by atoms with Crippen LogP contribution in [0.15, 0.2) is 29.6 Å². The average molecular weight is 357 g/mol. The molecule has 25 heavy (non-hydrogen) atoms. The van der Waals surface area contributed by atoms with Crippen LogP contribution in [0.4, 0.5) is 5.69 Å². The number of esters is 1. The van der Waals surface area contributed by atoms with Gasteiger partial charge in [0.25, 0.3) is 5.91 Å². The lowest BCUT2D eigenvalue weighted by Crippen LogP contribution is -2.14. The van der Waals surface area contributed by atoms with Crippen LogP contribution in [0.2, 0.25) is 0 Å². The van der Waals surface area contributed by atoms with E-state index in [0.29, 0.717) is 17.9 Å². The molecule has 0 atom stereocenters. The zero-order valence-electron chi connectivity index (χ0n) is 14.5. The van der Waals surface area contributed by atoms with Crippen molar-refractivity contribution in [3.63, 3.8) is 0 Å². The van der Waals surface area contributed by atoms with E-state index in [2.05, 4.69) is 12.2 Å². The average Bonchev–Trinajstić information content (AvgIpc) is 3.06. The normalized spacial score (nSPS) is 13.2. The molecule has 1 N–H and O–H groups in total. The lowest BCUT2D eigenvalue weighted by atomic mass is 9.95. The van der Waals surface area contributed by atoms with Crippen molar-refractivity contribution in [2.24, 2.45) is 0 Å². The molecule has 0 fully saturated rings.